The third-order valence-electron chi connectivity index (χ3n) is 5.81. The quantitative estimate of drug-likeness (QED) is 0.466. The summed E-state index contributed by atoms with van der Waals surface area (Å²) >= 11 is 0. The standard InChI is InChI=1S/C24H26N6O/c25-14-17-4-6-21(7-5-17)30-16-20-13-22(27-23(20)28-24(30)31)19-3-1-2-18(12-19)15-29-10-8-26-9-11-29/h1-7,12-13,16,26H,8-11,14-15,25H2,(H,27,28,31). The van der Waals surface area contributed by atoms with Crippen molar-refractivity contribution in [3.05, 3.63) is 82.4 Å². The lowest BCUT2D eigenvalue weighted by atomic mass is 10.1. The van der Waals surface area contributed by atoms with Gasteiger partial charge in [-0.05, 0) is 41.0 Å². The van der Waals surface area contributed by atoms with Crippen LogP contribution in [0.4, 0.5) is 0 Å². The summed E-state index contributed by atoms with van der Waals surface area (Å²) in [7, 11) is 0. The number of nitrogens with one attached hydrogen (secondary N) is 2. The van der Waals surface area contributed by atoms with Gasteiger partial charge in [0.2, 0.25) is 0 Å². The Morgan fingerprint density at radius 1 is 1.00 bits per heavy atom. The van der Waals surface area contributed by atoms with E-state index in [1.807, 2.05) is 30.5 Å². The number of hydrogen-bond donors (Lipinski definition) is 3. The van der Waals surface area contributed by atoms with Gasteiger partial charge >= 0.3 is 5.69 Å². The molecular formula is C24H26N6O. The van der Waals surface area contributed by atoms with Crippen LogP contribution in [-0.2, 0) is 13.1 Å². The first-order valence-corrected chi connectivity index (χ1v) is 10.6. The number of aromatic amines is 1. The highest BCUT2D eigenvalue weighted by Crippen LogP contribution is 2.24. The van der Waals surface area contributed by atoms with Gasteiger partial charge in [0.1, 0.15) is 5.65 Å². The Labute approximate surface area is 180 Å². The lowest BCUT2D eigenvalue weighted by molar-refractivity contribution is 0.233. The number of aromatic nitrogens is 3. The van der Waals surface area contributed by atoms with Crippen LogP contribution >= 0.6 is 0 Å². The van der Waals surface area contributed by atoms with E-state index in [4.69, 9.17) is 5.73 Å². The Hall–Kier alpha value is -3.26. The zero-order valence-electron chi connectivity index (χ0n) is 17.3. The van der Waals surface area contributed by atoms with Gasteiger partial charge in [-0.3, -0.25) is 9.47 Å². The Morgan fingerprint density at radius 2 is 1.81 bits per heavy atom. The smallest absolute Gasteiger partial charge is 0.339 e. The van der Waals surface area contributed by atoms with E-state index in [2.05, 4.69) is 50.5 Å². The summed E-state index contributed by atoms with van der Waals surface area (Å²) in [4.78, 5) is 22.7. The molecule has 4 aromatic rings. The van der Waals surface area contributed by atoms with Crippen molar-refractivity contribution in [2.45, 2.75) is 13.1 Å². The molecule has 1 saturated heterocycles. The molecule has 7 heteroatoms. The van der Waals surface area contributed by atoms with E-state index in [1.165, 1.54) is 5.56 Å². The molecule has 1 aliphatic rings. The third kappa shape index (κ3) is 4.16. The number of nitrogens with two attached hydrogens (primary N) is 1. The van der Waals surface area contributed by atoms with E-state index >= 15 is 0 Å². The Kier molecular flexibility index (Phi) is 5.38. The van der Waals surface area contributed by atoms with Gasteiger partial charge in [0.05, 0.1) is 5.69 Å². The highest BCUT2D eigenvalue weighted by Gasteiger charge is 2.12. The molecule has 0 radical (unpaired) electrons. The fourth-order valence-corrected chi connectivity index (χ4v) is 4.09. The fourth-order valence-electron chi connectivity index (χ4n) is 4.09. The SMILES string of the molecule is NCc1ccc(-n2cc3cc(-c4cccc(CN5CCNCC5)c4)[nH]c3nc2=O)cc1. The van der Waals surface area contributed by atoms with Crippen LogP contribution in [-0.4, -0.2) is 45.6 Å². The van der Waals surface area contributed by atoms with Crippen LogP contribution in [0.1, 0.15) is 11.1 Å². The highest BCUT2D eigenvalue weighted by molar-refractivity contribution is 5.82. The van der Waals surface area contributed by atoms with Crippen molar-refractivity contribution < 1.29 is 0 Å². The second-order valence-corrected chi connectivity index (χ2v) is 7.98. The number of benzene rings is 2. The first kappa shape index (κ1) is 19.7. The molecule has 0 amide bonds. The van der Waals surface area contributed by atoms with Crippen molar-refractivity contribution in [2.75, 3.05) is 26.2 Å². The Morgan fingerprint density at radius 3 is 2.58 bits per heavy atom. The summed E-state index contributed by atoms with van der Waals surface area (Å²) in [6.07, 6.45) is 1.84. The minimum atomic E-state index is -0.311. The van der Waals surface area contributed by atoms with Gasteiger partial charge in [0, 0.05) is 56.5 Å². The van der Waals surface area contributed by atoms with Crippen LogP contribution in [0.25, 0.3) is 28.0 Å². The van der Waals surface area contributed by atoms with Crippen molar-refractivity contribution in [1.82, 2.24) is 24.8 Å². The van der Waals surface area contributed by atoms with Gasteiger partial charge in [-0.1, -0.05) is 30.3 Å². The monoisotopic (exact) mass is 414 g/mol. The van der Waals surface area contributed by atoms with E-state index in [0.29, 0.717) is 12.2 Å². The van der Waals surface area contributed by atoms with Crippen LogP contribution in [0.2, 0.25) is 0 Å². The Balaban J connectivity index is 1.45. The maximum absolute atomic E-state index is 12.6. The van der Waals surface area contributed by atoms with Gasteiger partial charge in [-0.15, -0.1) is 0 Å². The van der Waals surface area contributed by atoms with Gasteiger partial charge in [-0.25, -0.2) is 4.79 Å². The first-order valence-electron chi connectivity index (χ1n) is 10.6. The molecule has 0 bridgehead atoms. The van der Waals surface area contributed by atoms with Gasteiger partial charge in [-0.2, -0.15) is 4.98 Å². The largest absolute Gasteiger partial charge is 0.354 e. The summed E-state index contributed by atoms with van der Waals surface area (Å²) in [5, 5.41) is 4.29. The molecule has 0 saturated carbocycles. The second-order valence-electron chi connectivity index (χ2n) is 7.98. The molecule has 3 heterocycles. The van der Waals surface area contributed by atoms with E-state index < -0.39 is 0 Å². The number of piperazine rings is 1. The summed E-state index contributed by atoms with van der Waals surface area (Å²) in [5.41, 5.74) is 11.1. The molecule has 2 aromatic carbocycles. The van der Waals surface area contributed by atoms with Crippen LogP contribution in [0.3, 0.4) is 0 Å². The molecule has 1 fully saturated rings. The number of hydrogen-bond acceptors (Lipinski definition) is 5. The normalized spacial score (nSPS) is 14.9. The molecular weight excluding hydrogens is 388 g/mol. The van der Waals surface area contributed by atoms with Crippen molar-refractivity contribution >= 4 is 11.0 Å². The average molecular weight is 415 g/mol. The fraction of sp³-hybridized carbons (Fsp3) is 0.250. The molecule has 0 atom stereocenters. The molecule has 7 nitrogen and oxygen atoms in total. The maximum atomic E-state index is 12.6. The number of nitrogens with zero attached hydrogens (tertiary/aromatic N) is 3. The average Bonchev–Trinajstić information content (AvgIpc) is 3.22. The van der Waals surface area contributed by atoms with Gasteiger partial charge in [0.15, 0.2) is 0 Å². The minimum absolute atomic E-state index is 0.311. The summed E-state index contributed by atoms with van der Waals surface area (Å²) in [6.45, 7) is 5.64. The molecule has 1 aliphatic heterocycles. The molecule has 158 valence electrons. The predicted molar refractivity (Wildman–Crippen MR) is 123 cm³/mol. The van der Waals surface area contributed by atoms with E-state index in [9.17, 15) is 4.79 Å². The van der Waals surface area contributed by atoms with Crippen LogP contribution in [0.15, 0.2) is 65.6 Å². The van der Waals surface area contributed by atoms with Crippen LogP contribution < -0.4 is 16.7 Å². The van der Waals surface area contributed by atoms with E-state index in [-0.39, 0.29) is 5.69 Å². The molecule has 31 heavy (non-hydrogen) atoms. The molecule has 0 unspecified atom stereocenters. The van der Waals surface area contributed by atoms with Crippen LogP contribution in [0.5, 0.6) is 0 Å². The van der Waals surface area contributed by atoms with Gasteiger partial charge < -0.3 is 16.0 Å². The minimum Gasteiger partial charge on any atom is -0.339 e. The third-order valence-corrected chi connectivity index (χ3v) is 5.81. The number of rotatable bonds is 5. The molecule has 5 rings (SSSR count). The highest BCUT2D eigenvalue weighted by atomic mass is 16.1. The van der Waals surface area contributed by atoms with Crippen LogP contribution in [0, 0.1) is 0 Å². The zero-order chi connectivity index (χ0) is 21.2. The lowest BCUT2D eigenvalue weighted by Gasteiger charge is -2.27. The topological polar surface area (TPSA) is 92.0 Å². The molecule has 0 spiro atoms. The van der Waals surface area contributed by atoms with Crippen molar-refractivity contribution in [1.29, 1.82) is 0 Å². The second kappa shape index (κ2) is 8.47. The number of H-pyrrole nitrogens is 1. The summed E-state index contributed by atoms with van der Waals surface area (Å²) < 4.78 is 1.57. The van der Waals surface area contributed by atoms with Crippen molar-refractivity contribution in [3.8, 4) is 16.9 Å². The van der Waals surface area contributed by atoms with E-state index in [1.54, 1.807) is 4.57 Å². The maximum Gasteiger partial charge on any atom is 0.354 e. The van der Waals surface area contributed by atoms with Crippen molar-refractivity contribution in [2.24, 2.45) is 5.73 Å². The first-order chi connectivity index (χ1) is 15.2. The lowest BCUT2D eigenvalue weighted by Crippen LogP contribution is -2.42. The molecule has 4 N–H and O–H groups in total. The molecule has 0 aliphatic carbocycles. The summed E-state index contributed by atoms with van der Waals surface area (Å²) in [5.74, 6) is 0. The summed E-state index contributed by atoms with van der Waals surface area (Å²) in [6, 6.07) is 18.3. The van der Waals surface area contributed by atoms with E-state index in [0.717, 1.165) is 60.6 Å². The predicted octanol–water partition coefficient (Wildman–Crippen LogP) is 2.24. The van der Waals surface area contributed by atoms with Gasteiger partial charge in [0.25, 0.3) is 0 Å². The number of fused-ring (bicyclic) bond motifs is 1. The molecule has 2 aromatic heterocycles. The Bertz CT molecular complexity index is 1250. The van der Waals surface area contributed by atoms with Crippen molar-refractivity contribution in [3.63, 3.8) is 0 Å². The zero-order valence-corrected chi connectivity index (χ0v) is 17.3.